The Hall–Kier alpha value is -1.85. The molecule has 0 unspecified atom stereocenters. The average Bonchev–Trinajstić information content (AvgIpc) is 3.05. The van der Waals surface area contributed by atoms with Gasteiger partial charge in [-0.1, -0.05) is 43.3 Å². The van der Waals surface area contributed by atoms with Crippen LogP contribution in [0.4, 0.5) is 5.69 Å². The maximum Gasteiger partial charge on any atom is 0.0835 e. The van der Waals surface area contributed by atoms with Gasteiger partial charge in [0.05, 0.1) is 26.9 Å². The molecule has 138 valence electrons. The topological polar surface area (TPSA) is 49.5 Å². The second-order valence-electron chi connectivity index (χ2n) is 6.45. The van der Waals surface area contributed by atoms with E-state index in [4.69, 9.17) is 17.4 Å². The number of anilines is 1. The van der Waals surface area contributed by atoms with Gasteiger partial charge >= 0.3 is 0 Å². The zero-order chi connectivity index (χ0) is 19.3. The summed E-state index contributed by atoms with van der Waals surface area (Å²) in [4.78, 5) is 2.10. The lowest BCUT2D eigenvalue weighted by Crippen LogP contribution is -2.30. The first-order valence-corrected chi connectivity index (χ1v) is 9.63. The maximum absolute atomic E-state index is 10.3. The smallest absolute Gasteiger partial charge is 0.0835 e. The van der Waals surface area contributed by atoms with Crippen LogP contribution in [-0.4, -0.2) is 10.7 Å². The van der Waals surface area contributed by atoms with E-state index >= 15 is 0 Å². The number of halogens is 1. The lowest BCUT2D eigenvalue weighted by molar-refractivity contribution is 0.124. The molecule has 0 atom stereocenters. The van der Waals surface area contributed by atoms with Crippen molar-refractivity contribution in [1.82, 2.24) is 0 Å². The number of hydrogen-bond acceptors (Lipinski definition) is 4. The third-order valence-corrected chi connectivity index (χ3v) is 5.26. The Bertz CT molecular complexity index is 831. The predicted octanol–water partition coefficient (Wildman–Crippen LogP) is 5.87. The molecule has 2 rings (SSSR count). The third-order valence-electron chi connectivity index (χ3n) is 3.87. The highest BCUT2D eigenvalue weighted by Crippen LogP contribution is 2.34. The number of benzene rings is 1. The Morgan fingerprint density at radius 1 is 1.31 bits per heavy atom. The lowest BCUT2D eigenvalue weighted by Gasteiger charge is -2.25. The molecule has 0 aliphatic heterocycles. The fraction of sp³-hybridized carbons (Fsp3) is 0.238. The molecule has 0 fully saturated rings. The highest BCUT2D eigenvalue weighted by molar-refractivity contribution is 7.14. The minimum Gasteiger partial charge on any atom is -0.386 e. The van der Waals surface area contributed by atoms with E-state index in [1.165, 1.54) is 0 Å². The summed E-state index contributed by atoms with van der Waals surface area (Å²) in [5, 5.41) is 12.4. The van der Waals surface area contributed by atoms with Crippen molar-refractivity contribution in [2.45, 2.75) is 32.8 Å². The van der Waals surface area contributed by atoms with Gasteiger partial charge in [-0.25, -0.2) is 5.84 Å². The fourth-order valence-corrected chi connectivity index (χ4v) is 3.37. The van der Waals surface area contributed by atoms with Gasteiger partial charge in [0, 0.05) is 4.88 Å². The first-order valence-electron chi connectivity index (χ1n) is 8.43. The quantitative estimate of drug-likeness (QED) is 0.354. The van der Waals surface area contributed by atoms with Gasteiger partial charge in [-0.3, -0.25) is 5.01 Å². The third kappa shape index (κ3) is 5.08. The molecule has 0 spiro atoms. The van der Waals surface area contributed by atoms with E-state index < -0.39 is 5.60 Å². The molecule has 2 aromatic rings. The van der Waals surface area contributed by atoms with Crippen molar-refractivity contribution in [2.75, 3.05) is 5.01 Å². The van der Waals surface area contributed by atoms with Gasteiger partial charge in [0.2, 0.25) is 0 Å². The van der Waals surface area contributed by atoms with Crippen LogP contribution in [0.15, 0.2) is 60.7 Å². The SMILES string of the molecule is C=C(/C=C(/c1ccc(/C=C/CC)s1)N(N)c1ccccc1Cl)C(C)(C)O. The van der Waals surface area contributed by atoms with Gasteiger partial charge in [0.15, 0.2) is 0 Å². The predicted molar refractivity (Wildman–Crippen MR) is 115 cm³/mol. The fourth-order valence-electron chi connectivity index (χ4n) is 2.19. The molecule has 0 bridgehead atoms. The van der Waals surface area contributed by atoms with Crippen LogP contribution in [-0.2, 0) is 0 Å². The first-order chi connectivity index (χ1) is 12.2. The van der Waals surface area contributed by atoms with E-state index in [0.29, 0.717) is 16.3 Å². The van der Waals surface area contributed by atoms with E-state index in [1.54, 1.807) is 36.3 Å². The molecule has 5 heteroatoms. The van der Waals surface area contributed by atoms with E-state index in [1.807, 2.05) is 36.4 Å². The zero-order valence-corrected chi connectivity index (χ0v) is 16.9. The second-order valence-corrected chi connectivity index (χ2v) is 7.97. The van der Waals surface area contributed by atoms with Crippen LogP contribution >= 0.6 is 22.9 Å². The van der Waals surface area contributed by atoms with E-state index in [-0.39, 0.29) is 0 Å². The summed E-state index contributed by atoms with van der Waals surface area (Å²) in [6.45, 7) is 9.49. The van der Waals surface area contributed by atoms with Crippen LogP contribution in [0.25, 0.3) is 11.8 Å². The molecule has 3 nitrogen and oxygen atoms in total. The molecule has 1 aromatic heterocycles. The minimum absolute atomic E-state index is 0.553. The molecule has 0 amide bonds. The van der Waals surface area contributed by atoms with E-state index in [2.05, 4.69) is 25.7 Å². The summed E-state index contributed by atoms with van der Waals surface area (Å²) in [7, 11) is 0. The van der Waals surface area contributed by atoms with Crippen LogP contribution in [0.2, 0.25) is 5.02 Å². The number of hydrazine groups is 1. The van der Waals surface area contributed by atoms with Crippen LogP contribution in [0.5, 0.6) is 0 Å². The Kier molecular flexibility index (Phi) is 6.84. The number of nitrogens with two attached hydrogens (primary N) is 1. The molecular formula is C21H25ClN2OS. The summed E-state index contributed by atoms with van der Waals surface area (Å²) in [6, 6.07) is 11.5. The summed E-state index contributed by atoms with van der Waals surface area (Å²) in [5.74, 6) is 6.42. The molecule has 26 heavy (non-hydrogen) atoms. The molecule has 0 aliphatic rings. The van der Waals surface area contributed by atoms with Gasteiger partial charge in [0.25, 0.3) is 0 Å². The minimum atomic E-state index is -1.05. The van der Waals surface area contributed by atoms with E-state index in [9.17, 15) is 5.11 Å². The normalized spacial score (nSPS) is 12.6. The number of nitrogens with zero attached hydrogens (tertiary/aromatic N) is 1. The van der Waals surface area contributed by atoms with Gasteiger partial charge in [-0.2, -0.15) is 0 Å². The molecule has 0 saturated carbocycles. The number of hydrogen-bond donors (Lipinski definition) is 2. The van der Waals surface area contributed by atoms with E-state index in [0.717, 1.165) is 21.9 Å². The Labute approximate surface area is 164 Å². The maximum atomic E-state index is 10.3. The Morgan fingerprint density at radius 3 is 2.62 bits per heavy atom. The number of allylic oxidation sites excluding steroid dienone is 1. The summed E-state index contributed by atoms with van der Waals surface area (Å²) in [6.07, 6.45) is 6.99. The van der Waals surface area contributed by atoms with Crippen molar-refractivity contribution in [3.05, 3.63) is 75.5 Å². The summed E-state index contributed by atoms with van der Waals surface area (Å²) >= 11 is 7.94. The van der Waals surface area contributed by atoms with Gasteiger partial charge in [0.1, 0.15) is 0 Å². The Morgan fingerprint density at radius 2 is 2.00 bits per heavy atom. The van der Waals surface area contributed by atoms with Gasteiger partial charge in [-0.05, 0) is 62.3 Å². The molecule has 0 radical (unpaired) electrons. The average molecular weight is 389 g/mol. The molecular weight excluding hydrogens is 364 g/mol. The van der Waals surface area contributed by atoms with Crippen LogP contribution in [0, 0.1) is 0 Å². The van der Waals surface area contributed by atoms with Crippen molar-refractivity contribution in [3.63, 3.8) is 0 Å². The molecule has 3 N–H and O–H groups in total. The Balaban J connectivity index is 2.51. The highest BCUT2D eigenvalue weighted by atomic mass is 35.5. The highest BCUT2D eigenvalue weighted by Gasteiger charge is 2.20. The first kappa shape index (κ1) is 20.5. The summed E-state index contributed by atoms with van der Waals surface area (Å²) < 4.78 is 0. The van der Waals surface area contributed by atoms with Crippen molar-refractivity contribution < 1.29 is 5.11 Å². The number of aliphatic hydroxyl groups is 1. The molecule has 1 aromatic carbocycles. The number of rotatable bonds is 7. The van der Waals surface area contributed by atoms with Gasteiger partial charge < -0.3 is 5.11 Å². The van der Waals surface area contributed by atoms with Gasteiger partial charge in [-0.15, -0.1) is 11.3 Å². The standard InChI is InChI=1S/C21H25ClN2OS/c1-5-6-9-16-12-13-20(26-16)19(14-15(2)21(3,4)25)24(23)18-11-8-7-10-17(18)22/h6-14,25H,2,5,23H2,1,3-4H3/b9-6+,19-14-. The van der Waals surface area contributed by atoms with Crippen LogP contribution in [0.1, 0.15) is 36.9 Å². The van der Waals surface area contributed by atoms with Crippen LogP contribution in [0.3, 0.4) is 0 Å². The largest absolute Gasteiger partial charge is 0.386 e. The van der Waals surface area contributed by atoms with Crippen molar-refractivity contribution in [3.8, 4) is 0 Å². The lowest BCUT2D eigenvalue weighted by atomic mass is 9.98. The zero-order valence-electron chi connectivity index (χ0n) is 15.4. The summed E-state index contributed by atoms with van der Waals surface area (Å²) in [5.41, 5.74) is 0.929. The molecule has 0 aliphatic carbocycles. The number of para-hydroxylation sites is 1. The van der Waals surface area contributed by atoms with Crippen molar-refractivity contribution in [2.24, 2.45) is 5.84 Å². The van der Waals surface area contributed by atoms with Crippen LogP contribution < -0.4 is 10.9 Å². The monoisotopic (exact) mass is 388 g/mol. The molecule has 1 heterocycles. The van der Waals surface area contributed by atoms with Crippen molar-refractivity contribution >= 4 is 40.4 Å². The van der Waals surface area contributed by atoms with Crippen molar-refractivity contribution in [1.29, 1.82) is 0 Å². The molecule has 0 saturated heterocycles. The number of thiophene rings is 1. The second kappa shape index (κ2) is 8.69.